The van der Waals surface area contributed by atoms with Crippen LogP contribution in [0.4, 0.5) is 0 Å². The number of benzene rings is 3. The highest BCUT2D eigenvalue weighted by Crippen LogP contribution is 2.48. The first-order valence-corrected chi connectivity index (χ1v) is 7.54. The third-order valence-electron chi connectivity index (χ3n) is 4.41. The van der Waals surface area contributed by atoms with E-state index >= 15 is 0 Å². The van der Waals surface area contributed by atoms with Gasteiger partial charge in [-0.1, -0.05) is 42.5 Å². The number of primary amides is 2. The molecule has 3 aromatic rings. The van der Waals surface area contributed by atoms with Gasteiger partial charge in [0.25, 0.3) is 0 Å². The van der Waals surface area contributed by atoms with E-state index < -0.39 is 11.8 Å². The maximum atomic E-state index is 11.8. The second kappa shape index (κ2) is 5.06. The minimum atomic E-state index is -0.588. The van der Waals surface area contributed by atoms with Gasteiger partial charge in [-0.15, -0.1) is 0 Å². The van der Waals surface area contributed by atoms with Gasteiger partial charge in [0, 0.05) is 11.1 Å². The van der Waals surface area contributed by atoms with E-state index in [1.54, 1.807) is 12.1 Å². The van der Waals surface area contributed by atoms with Crippen LogP contribution in [0.3, 0.4) is 0 Å². The first-order chi connectivity index (χ1) is 11.6. The molecular weight excluding hydrogens is 300 g/mol. The Morgan fingerprint density at radius 3 is 1.92 bits per heavy atom. The molecule has 4 nitrogen and oxygen atoms in total. The zero-order valence-corrected chi connectivity index (χ0v) is 12.7. The fourth-order valence-corrected chi connectivity index (χ4v) is 3.21. The van der Waals surface area contributed by atoms with E-state index in [0.29, 0.717) is 11.1 Å². The summed E-state index contributed by atoms with van der Waals surface area (Å²) in [6.45, 7) is 0. The van der Waals surface area contributed by atoms with Crippen molar-refractivity contribution in [2.75, 3.05) is 0 Å². The van der Waals surface area contributed by atoms with Crippen LogP contribution in [-0.2, 0) is 0 Å². The van der Waals surface area contributed by atoms with E-state index in [1.807, 2.05) is 30.3 Å². The number of fused-ring (bicyclic) bond motifs is 4. The Hall–Kier alpha value is -3.40. The number of hydrogen-bond acceptors (Lipinski definition) is 2. The first kappa shape index (κ1) is 14.2. The molecule has 0 aliphatic heterocycles. The van der Waals surface area contributed by atoms with E-state index in [9.17, 15) is 9.59 Å². The Morgan fingerprint density at radius 2 is 1.25 bits per heavy atom. The molecule has 24 heavy (non-hydrogen) atoms. The van der Waals surface area contributed by atoms with Crippen LogP contribution in [0.5, 0.6) is 0 Å². The normalized spacial score (nSPS) is 11.2. The zero-order chi connectivity index (χ0) is 16.8. The molecule has 0 radical (unpaired) electrons. The van der Waals surface area contributed by atoms with Crippen LogP contribution in [0.15, 0.2) is 60.7 Å². The molecule has 4 rings (SSSR count). The predicted molar refractivity (Wildman–Crippen MR) is 93.3 cm³/mol. The molecule has 0 heterocycles. The van der Waals surface area contributed by atoms with Crippen LogP contribution in [0.25, 0.3) is 33.4 Å². The molecular formula is C20H14N2O2. The number of nitrogens with two attached hydrogens (primary N) is 2. The van der Waals surface area contributed by atoms with Crippen molar-refractivity contribution in [2.24, 2.45) is 11.5 Å². The molecule has 116 valence electrons. The van der Waals surface area contributed by atoms with Crippen LogP contribution >= 0.6 is 0 Å². The van der Waals surface area contributed by atoms with E-state index in [2.05, 4.69) is 12.1 Å². The molecule has 4 N–H and O–H groups in total. The quantitative estimate of drug-likeness (QED) is 0.608. The van der Waals surface area contributed by atoms with Gasteiger partial charge in [-0.2, -0.15) is 0 Å². The summed E-state index contributed by atoms with van der Waals surface area (Å²) in [6, 6.07) is 19.0. The number of carbonyl (C=O) groups is 2. The van der Waals surface area contributed by atoms with Gasteiger partial charge >= 0.3 is 0 Å². The zero-order valence-electron chi connectivity index (χ0n) is 12.7. The van der Waals surface area contributed by atoms with Gasteiger partial charge in [0.1, 0.15) is 0 Å². The van der Waals surface area contributed by atoms with Crippen molar-refractivity contribution in [3.63, 3.8) is 0 Å². The molecule has 0 saturated heterocycles. The molecule has 0 fully saturated rings. The Morgan fingerprint density at radius 1 is 0.625 bits per heavy atom. The van der Waals surface area contributed by atoms with Crippen molar-refractivity contribution in [3.8, 4) is 33.4 Å². The molecule has 0 aromatic heterocycles. The molecule has 0 spiro atoms. The maximum Gasteiger partial charge on any atom is 0.249 e. The van der Waals surface area contributed by atoms with Crippen LogP contribution in [0.2, 0.25) is 0 Å². The lowest BCUT2D eigenvalue weighted by Gasteiger charge is -2.24. The fraction of sp³-hybridized carbons (Fsp3) is 0. The third kappa shape index (κ3) is 2.01. The van der Waals surface area contributed by atoms with Gasteiger partial charge in [0.2, 0.25) is 11.8 Å². The average molecular weight is 314 g/mol. The molecule has 2 amide bonds. The lowest BCUT2D eigenvalue weighted by Crippen LogP contribution is -2.16. The first-order valence-electron chi connectivity index (χ1n) is 7.54. The van der Waals surface area contributed by atoms with Gasteiger partial charge in [0.05, 0.1) is 0 Å². The lowest BCUT2D eigenvalue weighted by atomic mass is 9.79. The SMILES string of the molecule is NC(=O)c1ccc(-c2ccc3c(c2)-c2ccccc2-3)c(C(N)=O)c1. The third-order valence-corrected chi connectivity index (χ3v) is 4.41. The van der Waals surface area contributed by atoms with E-state index in [-0.39, 0.29) is 5.56 Å². The summed E-state index contributed by atoms with van der Waals surface area (Å²) in [5.74, 6) is -1.17. The van der Waals surface area contributed by atoms with E-state index in [4.69, 9.17) is 11.5 Å². The largest absolute Gasteiger partial charge is 0.366 e. The molecule has 0 unspecified atom stereocenters. The number of amides is 2. The highest BCUT2D eigenvalue weighted by atomic mass is 16.1. The second-order valence-corrected chi connectivity index (χ2v) is 5.79. The van der Waals surface area contributed by atoms with Crippen molar-refractivity contribution in [3.05, 3.63) is 71.8 Å². The molecule has 0 atom stereocenters. The molecule has 1 aliphatic rings. The predicted octanol–water partition coefficient (Wildman–Crippen LogP) is 3.20. The van der Waals surface area contributed by atoms with Crippen molar-refractivity contribution in [1.82, 2.24) is 0 Å². The highest BCUT2D eigenvalue weighted by Gasteiger charge is 2.22. The monoisotopic (exact) mass is 314 g/mol. The van der Waals surface area contributed by atoms with Gasteiger partial charge in [-0.25, -0.2) is 0 Å². The van der Waals surface area contributed by atoms with Crippen LogP contribution < -0.4 is 11.5 Å². The maximum absolute atomic E-state index is 11.8. The second-order valence-electron chi connectivity index (χ2n) is 5.79. The fourth-order valence-electron chi connectivity index (χ4n) is 3.21. The lowest BCUT2D eigenvalue weighted by molar-refractivity contribution is 0.0999. The van der Waals surface area contributed by atoms with Crippen LogP contribution in [0, 0.1) is 0 Å². The van der Waals surface area contributed by atoms with Crippen molar-refractivity contribution in [2.45, 2.75) is 0 Å². The van der Waals surface area contributed by atoms with Gasteiger partial charge in [-0.05, 0) is 51.6 Å². The average Bonchev–Trinajstić information content (AvgIpc) is 2.58. The Kier molecular flexibility index (Phi) is 3.00. The summed E-state index contributed by atoms with van der Waals surface area (Å²) in [6.07, 6.45) is 0. The molecule has 0 bridgehead atoms. The van der Waals surface area contributed by atoms with E-state index in [1.165, 1.54) is 22.8 Å². The Balaban J connectivity index is 1.85. The topological polar surface area (TPSA) is 86.2 Å². The molecule has 0 saturated carbocycles. The van der Waals surface area contributed by atoms with Crippen LogP contribution in [-0.4, -0.2) is 11.8 Å². The Labute approximate surface area is 138 Å². The summed E-state index contributed by atoms with van der Waals surface area (Å²) < 4.78 is 0. The van der Waals surface area contributed by atoms with Gasteiger partial charge in [0.15, 0.2) is 0 Å². The van der Waals surface area contributed by atoms with E-state index in [0.717, 1.165) is 11.1 Å². The van der Waals surface area contributed by atoms with Crippen LogP contribution in [0.1, 0.15) is 20.7 Å². The number of hydrogen-bond donors (Lipinski definition) is 2. The van der Waals surface area contributed by atoms with Crippen molar-refractivity contribution in [1.29, 1.82) is 0 Å². The number of carbonyl (C=O) groups excluding carboxylic acids is 2. The highest BCUT2D eigenvalue weighted by molar-refractivity contribution is 6.06. The Bertz CT molecular complexity index is 1020. The molecule has 1 aliphatic carbocycles. The summed E-state index contributed by atoms with van der Waals surface area (Å²) in [5, 5.41) is 0. The minimum absolute atomic E-state index is 0.266. The molecule has 4 heteroatoms. The summed E-state index contributed by atoms with van der Waals surface area (Å²) in [5.41, 5.74) is 17.7. The van der Waals surface area contributed by atoms with Gasteiger partial charge < -0.3 is 11.5 Å². The minimum Gasteiger partial charge on any atom is -0.366 e. The summed E-state index contributed by atoms with van der Waals surface area (Å²) in [4.78, 5) is 23.1. The summed E-state index contributed by atoms with van der Waals surface area (Å²) in [7, 11) is 0. The smallest absolute Gasteiger partial charge is 0.249 e. The van der Waals surface area contributed by atoms with Crippen molar-refractivity contribution < 1.29 is 9.59 Å². The van der Waals surface area contributed by atoms with Crippen molar-refractivity contribution >= 4 is 11.8 Å². The molecule has 3 aromatic carbocycles. The summed E-state index contributed by atoms with van der Waals surface area (Å²) >= 11 is 0. The standard InChI is InChI=1S/C20H14N2O2/c21-19(23)12-6-7-13(18(10-12)20(22)24)11-5-8-16-14-3-1-2-4-15(14)17(16)9-11/h1-10H,(H2,21,23)(H2,22,24). The van der Waals surface area contributed by atoms with Gasteiger partial charge in [-0.3, -0.25) is 9.59 Å². The number of rotatable bonds is 3.